The van der Waals surface area contributed by atoms with Crippen molar-refractivity contribution in [2.45, 2.75) is 65.5 Å². The molecular formula is C26H34S4Si4. The Hall–Kier alpha value is -0.332. The summed E-state index contributed by atoms with van der Waals surface area (Å²) >= 11 is 8.47. The molecule has 0 unspecified atom stereocenters. The molecule has 0 atom stereocenters. The molecule has 6 heterocycles. The van der Waals surface area contributed by atoms with Gasteiger partial charge in [0.05, 0.1) is 25.9 Å². The second-order valence-electron chi connectivity index (χ2n) is 13.1. The summed E-state index contributed by atoms with van der Waals surface area (Å²) in [6.07, 6.45) is 0. The van der Waals surface area contributed by atoms with Crippen molar-refractivity contribution >= 4 is 106 Å². The average molecular weight is 587 g/mol. The minimum atomic E-state index is -1.65. The van der Waals surface area contributed by atoms with Crippen molar-refractivity contribution in [3.63, 3.8) is 0 Å². The summed E-state index contributed by atoms with van der Waals surface area (Å²) in [5, 5.41) is 8.34. The first kappa shape index (κ1) is 24.0. The van der Waals surface area contributed by atoms with Crippen LogP contribution in [0.4, 0.5) is 0 Å². The van der Waals surface area contributed by atoms with E-state index in [4.69, 9.17) is 0 Å². The Morgan fingerprint density at radius 3 is 1.26 bits per heavy atom. The predicted octanol–water partition coefficient (Wildman–Crippen LogP) is 6.30. The van der Waals surface area contributed by atoms with Crippen LogP contribution in [0.1, 0.15) is 0 Å². The summed E-state index contributed by atoms with van der Waals surface area (Å²) in [6.45, 7) is 25.9. The van der Waals surface area contributed by atoms with Crippen LogP contribution in [0.2, 0.25) is 65.5 Å². The van der Waals surface area contributed by atoms with Gasteiger partial charge >= 0.3 is 0 Å². The first-order chi connectivity index (χ1) is 15.7. The minimum absolute atomic E-state index is 1.46. The molecule has 0 saturated heterocycles. The zero-order valence-electron chi connectivity index (χ0n) is 21.9. The lowest BCUT2D eigenvalue weighted by Crippen LogP contribution is -2.58. The van der Waals surface area contributed by atoms with E-state index in [1.165, 1.54) is 0 Å². The molecule has 178 valence electrons. The lowest BCUT2D eigenvalue weighted by atomic mass is 10.1. The molecule has 0 spiro atoms. The Labute approximate surface area is 224 Å². The summed E-state index contributed by atoms with van der Waals surface area (Å²) in [4.78, 5) is 3.25. The zero-order valence-corrected chi connectivity index (χ0v) is 29.2. The molecule has 4 aromatic heterocycles. The van der Waals surface area contributed by atoms with Crippen LogP contribution in [0.5, 0.6) is 0 Å². The lowest BCUT2D eigenvalue weighted by Gasteiger charge is -2.23. The van der Waals surface area contributed by atoms with Crippen molar-refractivity contribution in [2.24, 2.45) is 0 Å². The highest BCUT2D eigenvalue weighted by Crippen LogP contribution is 2.48. The van der Waals surface area contributed by atoms with Crippen molar-refractivity contribution in [2.75, 3.05) is 0 Å². The molecule has 0 fully saturated rings. The monoisotopic (exact) mass is 586 g/mol. The van der Waals surface area contributed by atoms with E-state index in [9.17, 15) is 0 Å². The number of fused-ring (bicyclic) bond motifs is 6. The molecule has 6 rings (SSSR count). The Morgan fingerprint density at radius 2 is 0.941 bits per heavy atom. The van der Waals surface area contributed by atoms with Gasteiger partial charge in [-0.05, 0) is 53.4 Å². The fraction of sp³-hybridized carbons (Fsp3) is 0.385. The molecular weight excluding hydrogens is 553 g/mol. The van der Waals surface area contributed by atoms with Gasteiger partial charge < -0.3 is 0 Å². The number of rotatable bonds is 3. The van der Waals surface area contributed by atoms with Crippen molar-refractivity contribution in [1.82, 2.24) is 0 Å². The highest BCUT2D eigenvalue weighted by atomic mass is 32.1. The van der Waals surface area contributed by atoms with Gasteiger partial charge in [-0.25, -0.2) is 0 Å². The van der Waals surface area contributed by atoms with Gasteiger partial charge in [0.2, 0.25) is 0 Å². The van der Waals surface area contributed by atoms with E-state index in [0.29, 0.717) is 0 Å². The van der Waals surface area contributed by atoms with E-state index in [0.717, 1.165) is 0 Å². The first-order valence-electron chi connectivity index (χ1n) is 12.2. The van der Waals surface area contributed by atoms with Crippen LogP contribution in [0.25, 0.3) is 32.0 Å². The second-order valence-corrected chi connectivity index (χ2v) is 36.9. The Kier molecular flexibility index (Phi) is 5.06. The topological polar surface area (TPSA) is 0 Å². The number of thiophene rings is 4. The van der Waals surface area contributed by atoms with E-state index < -0.39 is 32.3 Å². The van der Waals surface area contributed by atoms with E-state index >= 15 is 0 Å². The quantitative estimate of drug-likeness (QED) is 0.247. The Bertz CT molecular complexity index is 1370. The standard InChI is InChI=1S/C26H34S4Si4/c1-31(2,3)25-21-17(15-11-13-27-23(15)33(21,7)8)19(29-25)20-18-16-12-14-28-24(16)34(9,10)22(18)26(30-20)32(4,5)6/h11-14H,1-10H3. The smallest absolute Gasteiger partial charge is 0.127 e. The maximum Gasteiger partial charge on any atom is 0.127 e. The van der Waals surface area contributed by atoms with Crippen LogP contribution in [0.15, 0.2) is 22.9 Å². The van der Waals surface area contributed by atoms with E-state index in [1.807, 2.05) is 33.0 Å². The van der Waals surface area contributed by atoms with Crippen molar-refractivity contribution < 1.29 is 0 Å². The fourth-order valence-corrected chi connectivity index (χ4v) is 29.0. The van der Waals surface area contributed by atoms with Gasteiger partial charge in [0.1, 0.15) is 16.1 Å². The first-order valence-corrected chi connectivity index (χ1v) is 28.6. The van der Waals surface area contributed by atoms with Crippen molar-refractivity contribution in [3.05, 3.63) is 22.9 Å². The zero-order chi connectivity index (χ0) is 24.6. The van der Waals surface area contributed by atoms with E-state index in [2.05, 4.69) is 111 Å². The van der Waals surface area contributed by atoms with Gasteiger partial charge in [0.15, 0.2) is 0 Å². The van der Waals surface area contributed by atoms with Crippen molar-refractivity contribution in [3.8, 4) is 32.0 Å². The van der Waals surface area contributed by atoms with Crippen molar-refractivity contribution in [1.29, 1.82) is 0 Å². The number of hydrogen-bond acceptors (Lipinski definition) is 4. The summed E-state index contributed by atoms with van der Waals surface area (Å²) in [5.74, 6) is 0. The molecule has 0 aliphatic carbocycles. The highest BCUT2D eigenvalue weighted by Gasteiger charge is 2.49. The van der Waals surface area contributed by atoms with Crippen LogP contribution in [0, 0.1) is 0 Å². The molecule has 0 bridgehead atoms. The summed E-state index contributed by atoms with van der Waals surface area (Å²) < 4.78 is 7.01. The molecule has 0 saturated carbocycles. The number of hydrogen-bond donors (Lipinski definition) is 0. The van der Waals surface area contributed by atoms with Gasteiger partial charge in [-0.15, -0.1) is 22.7 Å². The molecule has 0 aromatic carbocycles. The Balaban J connectivity index is 1.76. The van der Waals surface area contributed by atoms with Crippen LogP contribution >= 0.6 is 45.3 Å². The van der Waals surface area contributed by atoms with Gasteiger partial charge in [-0.2, -0.15) is 22.7 Å². The molecule has 0 nitrogen and oxygen atoms in total. The van der Waals surface area contributed by atoms with Crippen LogP contribution in [-0.4, -0.2) is 32.3 Å². The third-order valence-electron chi connectivity index (χ3n) is 7.64. The molecule has 2 aliphatic rings. The fourth-order valence-electron chi connectivity index (χ4n) is 6.15. The molecule has 8 heteroatoms. The molecule has 0 amide bonds. The largest absolute Gasteiger partial charge is 0.153 e. The van der Waals surface area contributed by atoms with Gasteiger partial charge in [0.25, 0.3) is 0 Å². The molecule has 34 heavy (non-hydrogen) atoms. The van der Waals surface area contributed by atoms with Gasteiger partial charge in [-0.3, -0.25) is 0 Å². The summed E-state index contributed by atoms with van der Waals surface area (Å²) in [7, 11) is -6.23. The highest BCUT2D eigenvalue weighted by molar-refractivity contribution is 7.41. The molecule has 4 aromatic rings. The molecule has 0 N–H and O–H groups in total. The maximum atomic E-state index is 2.62. The SMILES string of the molecule is C[Si](C)(C)c1sc(-c2sc([Si](C)(C)C)c3c2-c2ccsc2[Si]3(C)C)c2c1[Si](C)(C)c1sccc1-2. The summed E-state index contributed by atoms with van der Waals surface area (Å²) in [5.41, 5.74) is 6.49. The van der Waals surface area contributed by atoms with Crippen LogP contribution < -0.4 is 28.4 Å². The summed E-state index contributed by atoms with van der Waals surface area (Å²) in [6, 6.07) is 4.90. The molecule has 0 radical (unpaired) electrons. The lowest BCUT2D eigenvalue weighted by molar-refractivity contribution is 1.78. The second kappa shape index (κ2) is 7.15. The maximum absolute atomic E-state index is 2.62. The average Bonchev–Trinajstić information content (AvgIpc) is 3.50. The normalized spacial score (nSPS) is 17.6. The Morgan fingerprint density at radius 1 is 0.588 bits per heavy atom. The van der Waals surface area contributed by atoms with Crippen LogP contribution in [-0.2, 0) is 0 Å². The predicted molar refractivity (Wildman–Crippen MR) is 174 cm³/mol. The molecule has 2 aliphatic heterocycles. The van der Waals surface area contributed by atoms with Gasteiger partial charge in [-0.1, -0.05) is 65.5 Å². The third kappa shape index (κ3) is 3.00. The minimum Gasteiger partial charge on any atom is -0.153 e. The third-order valence-corrected chi connectivity index (χ3v) is 29.7. The van der Waals surface area contributed by atoms with E-state index in [1.54, 1.807) is 50.0 Å². The van der Waals surface area contributed by atoms with Gasteiger partial charge in [0, 0.05) is 20.1 Å². The van der Waals surface area contributed by atoms with Crippen LogP contribution in [0.3, 0.4) is 0 Å². The van der Waals surface area contributed by atoms with E-state index in [-0.39, 0.29) is 0 Å².